The van der Waals surface area contributed by atoms with Crippen LogP contribution in [0.5, 0.6) is 0 Å². The lowest BCUT2D eigenvalue weighted by molar-refractivity contribution is -0.385. The molecule has 2 N–H and O–H groups in total. The number of carbonyl (C=O) groups is 1. The van der Waals surface area contributed by atoms with Crippen molar-refractivity contribution in [1.82, 2.24) is 4.98 Å². The van der Waals surface area contributed by atoms with Crippen molar-refractivity contribution in [2.24, 2.45) is 0 Å². The smallest absolute Gasteiger partial charge is 0.288 e. The van der Waals surface area contributed by atoms with Crippen molar-refractivity contribution in [3.8, 4) is 0 Å². The highest BCUT2D eigenvalue weighted by molar-refractivity contribution is 6.68. The van der Waals surface area contributed by atoms with E-state index in [0.717, 1.165) is 12.3 Å². The van der Waals surface area contributed by atoms with Crippen LogP contribution < -0.4 is 5.73 Å². The van der Waals surface area contributed by atoms with E-state index in [2.05, 4.69) is 4.98 Å². The van der Waals surface area contributed by atoms with Gasteiger partial charge in [0, 0.05) is 6.07 Å². The van der Waals surface area contributed by atoms with E-state index in [1.165, 1.54) is 0 Å². The Balaban J connectivity index is 3.27. The minimum Gasteiger partial charge on any atom is -0.383 e. The molecule has 0 atom stereocenters. The summed E-state index contributed by atoms with van der Waals surface area (Å²) in [6.07, 6.45) is 0.957. The van der Waals surface area contributed by atoms with Gasteiger partial charge in [-0.3, -0.25) is 14.9 Å². The molecule has 1 aromatic rings. The molecule has 13 heavy (non-hydrogen) atoms. The molecular weight excluding hydrogens is 198 g/mol. The third-order valence-corrected chi connectivity index (χ3v) is 1.53. The molecule has 68 valence electrons. The second-order valence-electron chi connectivity index (χ2n) is 2.16. The first-order valence-corrected chi connectivity index (χ1v) is 3.50. The Hall–Kier alpha value is -1.69. The zero-order valence-corrected chi connectivity index (χ0v) is 6.99. The van der Waals surface area contributed by atoms with Gasteiger partial charge in [-0.25, -0.2) is 4.98 Å². The molecule has 0 spiro atoms. The van der Waals surface area contributed by atoms with Gasteiger partial charge in [0.15, 0.2) is 0 Å². The number of pyridine rings is 1. The van der Waals surface area contributed by atoms with Crippen LogP contribution in [0.2, 0.25) is 0 Å². The summed E-state index contributed by atoms with van der Waals surface area (Å²) in [6, 6.07) is 0.984. The van der Waals surface area contributed by atoms with Crippen LogP contribution in [0.1, 0.15) is 10.4 Å². The molecule has 0 unspecified atom stereocenters. The van der Waals surface area contributed by atoms with Gasteiger partial charge < -0.3 is 5.73 Å². The first-order chi connectivity index (χ1) is 6.02. The first-order valence-electron chi connectivity index (χ1n) is 3.12. The average Bonchev–Trinajstić information content (AvgIpc) is 2.04. The maximum atomic E-state index is 10.7. The summed E-state index contributed by atoms with van der Waals surface area (Å²) >= 11 is 5.10. The molecule has 0 aromatic carbocycles. The summed E-state index contributed by atoms with van der Waals surface area (Å²) in [6.45, 7) is 0. The molecule has 0 amide bonds. The van der Waals surface area contributed by atoms with Gasteiger partial charge in [0.2, 0.25) is 0 Å². The van der Waals surface area contributed by atoms with E-state index in [4.69, 9.17) is 17.3 Å². The zero-order chi connectivity index (χ0) is 10.0. The summed E-state index contributed by atoms with van der Waals surface area (Å²) < 4.78 is 0. The first kappa shape index (κ1) is 9.40. The van der Waals surface area contributed by atoms with Gasteiger partial charge in [-0.15, -0.1) is 0 Å². The monoisotopic (exact) mass is 201 g/mol. The van der Waals surface area contributed by atoms with Crippen molar-refractivity contribution >= 4 is 28.3 Å². The van der Waals surface area contributed by atoms with E-state index < -0.39 is 10.2 Å². The number of nitro groups is 1. The molecule has 0 saturated heterocycles. The number of nitrogens with two attached hydrogens (primary N) is 1. The van der Waals surface area contributed by atoms with Gasteiger partial charge in [0.1, 0.15) is 12.0 Å². The highest BCUT2D eigenvalue weighted by atomic mass is 35.5. The van der Waals surface area contributed by atoms with Crippen molar-refractivity contribution in [3.63, 3.8) is 0 Å². The van der Waals surface area contributed by atoms with Crippen LogP contribution in [0.4, 0.5) is 11.5 Å². The minimum atomic E-state index is -0.867. The van der Waals surface area contributed by atoms with Crippen molar-refractivity contribution in [3.05, 3.63) is 27.9 Å². The van der Waals surface area contributed by atoms with Crippen LogP contribution in [0, 0.1) is 10.1 Å². The largest absolute Gasteiger partial charge is 0.383 e. The van der Waals surface area contributed by atoms with Gasteiger partial charge in [-0.2, -0.15) is 0 Å². The summed E-state index contributed by atoms with van der Waals surface area (Å²) in [5.41, 5.74) is 4.77. The molecule has 1 aromatic heterocycles. The molecule has 1 rings (SSSR count). The number of nitrogen functional groups attached to an aromatic ring is 1. The summed E-state index contributed by atoms with van der Waals surface area (Å²) in [5, 5.41) is 9.39. The Morgan fingerprint density at radius 3 is 2.77 bits per heavy atom. The van der Waals surface area contributed by atoms with Crippen LogP contribution in [0.3, 0.4) is 0 Å². The predicted molar refractivity (Wildman–Crippen MR) is 45.5 cm³/mol. The SMILES string of the molecule is Nc1ncc([N+](=O)[O-])cc1C(=O)Cl. The molecule has 6 nitrogen and oxygen atoms in total. The Morgan fingerprint density at radius 2 is 2.31 bits per heavy atom. The number of aromatic nitrogens is 1. The van der Waals surface area contributed by atoms with Crippen molar-refractivity contribution in [2.45, 2.75) is 0 Å². The van der Waals surface area contributed by atoms with Crippen molar-refractivity contribution in [2.75, 3.05) is 5.73 Å². The fourth-order valence-corrected chi connectivity index (χ4v) is 0.873. The minimum absolute atomic E-state index is 0.120. The van der Waals surface area contributed by atoms with E-state index in [1.54, 1.807) is 0 Å². The van der Waals surface area contributed by atoms with Crippen LogP contribution in [0.15, 0.2) is 12.3 Å². The van der Waals surface area contributed by atoms with E-state index >= 15 is 0 Å². The lowest BCUT2D eigenvalue weighted by Gasteiger charge is -1.97. The van der Waals surface area contributed by atoms with Crippen LogP contribution in [-0.2, 0) is 0 Å². The Bertz CT molecular complexity index is 379. The fraction of sp³-hybridized carbons (Fsp3) is 0. The molecule has 0 radical (unpaired) electrons. The maximum Gasteiger partial charge on any atom is 0.288 e. The standard InChI is InChI=1S/C6H4ClN3O3/c7-5(11)4-1-3(10(12)13)2-9-6(4)8/h1-2H,(H2,8,9). The number of anilines is 1. The second-order valence-corrected chi connectivity index (χ2v) is 2.50. The van der Waals surface area contributed by atoms with Crippen molar-refractivity contribution in [1.29, 1.82) is 0 Å². The molecular formula is C6H4ClN3O3. The Labute approximate surface area is 77.5 Å². The molecule has 1 heterocycles. The van der Waals surface area contributed by atoms with E-state index in [-0.39, 0.29) is 17.1 Å². The lowest BCUT2D eigenvalue weighted by atomic mass is 10.2. The third kappa shape index (κ3) is 1.91. The topological polar surface area (TPSA) is 99.1 Å². The van der Waals surface area contributed by atoms with E-state index in [9.17, 15) is 14.9 Å². The van der Waals surface area contributed by atoms with Gasteiger partial charge in [0.25, 0.3) is 10.9 Å². The number of halogens is 1. The Morgan fingerprint density at radius 1 is 1.69 bits per heavy atom. The van der Waals surface area contributed by atoms with Crippen LogP contribution in [0.25, 0.3) is 0 Å². The summed E-state index contributed by atoms with van der Waals surface area (Å²) in [7, 11) is 0. The highest BCUT2D eigenvalue weighted by Gasteiger charge is 2.14. The number of rotatable bonds is 2. The molecule has 0 saturated carbocycles. The number of hydrogen-bond acceptors (Lipinski definition) is 5. The summed E-state index contributed by atoms with van der Waals surface area (Å²) in [4.78, 5) is 23.7. The van der Waals surface area contributed by atoms with Crippen molar-refractivity contribution < 1.29 is 9.72 Å². The number of nitrogens with zero attached hydrogens (tertiary/aromatic N) is 2. The number of hydrogen-bond donors (Lipinski definition) is 1. The molecule has 0 fully saturated rings. The van der Waals surface area contributed by atoms with Gasteiger partial charge in [-0.05, 0) is 11.6 Å². The van der Waals surface area contributed by atoms with Gasteiger partial charge in [-0.1, -0.05) is 0 Å². The number of carbonyl (C=O) groups excluding carboxylic acids is 1. The predicted octanol–water partition coefficient (Wildman–Crippen LogP) is 0.951. The van der Waals surface area contributed by atoms with Gasteiger partial charge in [0.05, 0.1) is 10.5 Å². The molecule has 0 aliphatic heterocycles. The lowest BCUT2D eigenvalue weighted by Crippen LogP contribution is -2.02. The molecule has 7 heteroatoms. The molecule has 0 aliphatic carbocycles. The fourth-order valence-electron chi connectivity index (χ4n) is 0.722. The quantitative estimate of drug-likeness (QED) is 0.436. The zero-order valence-electron chi connectivity index (χ0n) is 6.23. The van der Waals surface area contributed by atoms with Gasteiger partial charge >= 0.3 is 0 Å². The highest BCUT2D eigenvalue weighted by Crippen LogP contribution is 2.17. The normalized spacial score (nSPS) is 9.62. The third-order valence-electron chi connectivity index (χ3n) is 1.33. The van der Waals surface area contributed by atoms with Crippen LogP contribution in [-0.4, -0.2) is 15.1 Å². The Kier molecular flexibility index (Phi) is 2.43. The maximum absolute atomic E-state index is 10.7. The van der Waals surface area contributed by atoms with E-state index in [0.29, 0.717) is 0 Å². The van der Waals surface area contributed by atoms with E-state index in [1.807, 2.05) is 0 Å². The second kappa shape index (κ2) is 3.36. The molecule has 0 bridgehead atoms. The summed E-state index contributed by atoms with van der Waals surface area (Å²) in [5.74, 6) is -0.120. The van der Waals surface area contributed by atoms with Crippen LogP contribution >= 0.6 is 11.6 Å². The average molecular weight is 202 g/mol. The molecule has 0 aliphatic rings.